The molecule has 1 atom stereocenters. The molecular weight excluding hydrogens is 186 g/mol. The van der Waals surface area contributed by atoms with Gasteiger partial charge in [0.2, 0.25) is 11.8 Å². The van der Waals surface area contributed by atoms with Gasteiger partial charge in [0, 0.05) is 12.2 Å². The first-order valence-corrected chi connectivity index (χ1v) is 5.65. The van der Waals surface area contributed by atoms with Crippen molar-refractivity contribution in [3.05, 3.63) is 11.8 Å². The number of nitrogens with zero attached hydrogens (tertiary/aromatic N) is 2. The Morgan fingerprint density at radius 2 is 2.31 bits per heavy atom. The second-order valence-corrected chi connectivity index (χ2v) is 3.77. The number of nitrogens with one attached hydrogen (secondary N) is 1. The van der Waals surface area contributed by atoms with E-state index in [1.807, 2.05) is 14.0 Å². The van der Waals surface area contributed by atoms with Crippen molar-refractivity contribution in [3.63, 3.8) is 0 Å². The third kappa shape index (κ3) is 3.00. The van der Waals surface area contributed by atoms with Crippen molar-refractivity contribution in [1.82, 2.24) is 15.5 Å². The minimum absolute atomic E-state index is 0.135. The molecule has 13 heavy (non-hydrogen) atoms. The van der Waals surface area contributed by atoms with E-state index in [4.69, 9.17) is 4.42 Å². The van der Waals surface area contributed by atoms with E-state index in [0.29, 0.717) is 5.89 Å². The molecule has 1 aromatic heterocycles. The average Bonchev–Trinajstić information content (AvgIpc) is 2.62. The van der Waals surface area contributed by atoms with Gasteiger partial charge < -0.3 is 9.73 Å². The zero-order chi connectivity index (χ0) is 9.68. The molecule has 0 saturated heterocycles. The van der Waals surface area contributed by atoms with E-state index in [1.54, 1.807) is 11.8 Å². The maximum Gasteiger partial charge on any atom is 0.233 e. The van der Waals surface area contributed by atoms with Gasteiger partial charge in [-0.2, -0.15) is 11.8 Å². The number of thioether (sulfide) groups is 1. The maximum atomic E-state index is 5.44. The smallest absolute Gasteiger partial charge is 0.233 e. The van der Waals surface area contributed by atoms with Crippen molar-refractivity contribution in [2.45, 2.75) is 19.4 Å². The summed E-state index contributed by atoms with van der Waals surface area (Å²) in [7, 11) is 1.87. The summed E-state index contributed by atoms with van der Waals surface area (Å²) in [6.07, 6.45) is 2.91. The highest BCUT2D eigenvalue weighted by molar-refractivity contribution is 7.98. The molecule has 0 radical (unpaired) electrons. The van der Waals surface area contributed by atoms with Crippen LogP contribution >= 0.6 is 11.8 Å². The highest BCUT2D eigenvalue weighted by Crippen LogP contribution is 2.10. The molecule has 0 aliphatic carbocycles. The molecule has 1 rings (SSSR count). The van der Waals surface area contributed by atoms with Crippen molar-refractivity contribution in [2.75, 3.05) is 19.1 Å². The zero-order valence-electron chi connectivity index (χ0n) is 8.20. The Morgan fingerprint density at radius 3 is 2.92 bits per heavy atom. The van der Waals surface area contributed by atoms with Gasteiger partial charge in [-0.3, -0.25) is 0 Å². The standard InChI is InChI=1S/C8H15N3OS/c1-6(9-2)8-11-10-7(12-8)4-5-13-3/h6,9H,4-5H2,1-3H3. The Kier molecular flexibility index (Phi) is 4.24. The number of aryl methyl sites for hydroxylation is 1. The minimum atomic E-state index is 0.135. The normalized spacial score (nSPS) is 13.2. The van der Waals surface area contributed by atoms with Crippen molar-refractivity contribution in [3.8, 4) is 0 Å². The molecule has 0 aliphatic rings. The predicted molar refractivity (Wildman–Crippen MR) is 53.9 cm³/mol. The van der Waals surface area contributed by atoms with E-state index in [2.05, 4.69) is 21.8 Å². The molecule has 74 valence electrons. The van der Waals surface area contributed by atoms with Gasteiger partial charge in [-0.1, -0.05) is 0 Å². The Labute approximate surface area is 82.5 Å². The molecule has 0 spiro atoms. The molecular formula is C8H15N3OS. The molecule has 1 N–H and O–H groups in total. The van der Waals surface area contributed by atoms with Crippen molar-refractivity contribution >= 4 is 11.8 Å². The molecule has 1 unspecified atom stereocenters. The number of rotatable bonds is 5. The summed E-state index contributed by atoms with van der Waals surface area (Å²) in [5, 5.41) is 11.0. The number of aromatic nitrogens is 2. The molecule has 0 aromatic carbocycles. The van der Waals surface area contributed by atoms with Crippen LogP contribution in [-0.2, 0) is 6.42 Å². The fourth-order valence-corrected chi connectivity index (χ4v) is 1.23. The second kappa shape index (κ2) is 5.24. The van der Waals surface area contributed by atoms with Gasteiger partial charge in [0.1, 0.15) is 0 Å². The van der Waals surface area contributed by atoms with Gasteiger partial charge in [0.05, 0.1) is 6.04 Å². The minimum Gasteiger partial charge on any atom is -0.424 e. The van der Waals surface area contributed by atoms with Crippen LogP contribution in [0.2, 0.25) is 0 Å². The van der Waals surface area contributed by atoms with Crippen LogP contribution in [0.3, 0.4) is 0 Å². The quantitative estimate of drug-likeness (QED) is 0.777. The summed E-state index contributed by atoms with van der Waals surface area (Å²) in [6, 6.07) is 0.135. The first-order valence-electron chi connectivity index (χ1n) is 4.26. The molecule has 5 heteroatoms. The maximum absolute atomic E-state index is 5.44. The van der Waals surface area contributed by atoms with E-state index in [0.717, 1.165) is 18.1 Å². The third-order valence-electron chi connectivity index (χ3n) is 1.81. The van der Waals surface area contributed by atoms with Gasteiger partial charge in [-0.05, 0) is 20.2 Å². The Bertz CT molecular complexity index is 251. The van der Waals surface area contributed by atoms with Crippen LogP contribution in [0.25, 0.3) is 0 Å². The lowest BCUT2D eigenvalue weighted by molar-refractivity contribution is 0.408. The lowest BCUT2D eigenvalue weighted by Crippen LogP contribution is -2.12. The second-order valence-electron chi connectivity index (χ2n) is 2.79. The summed E-state index contributed by atoms with van der Waals surface area (Å²) >= 11 is 1.78. The van der Waals surface area contributed by atoms with Crippen molar-refractivity contribution in [2.24, 2.45) is 0 Å². The summed E-state index contributed by atoms with van der Waals surface area (Å²) in [4.78, 5) is 0. The Morgan fingerprint density at radius 1 is 1.54 bits per heavy atom. The van der Waals surface area contributed by atoms with E-state index < -0.39 is 0 Å². The van der Waals surface area contributed by atoms with Crippen LogP contribution in [0.5, 0.6) is 0 Å². The van der Waals surface area contributed by atoms with Gasteiger partial charge in [-0.15, -0.1) is 10.2 Å². The van der Waals surface area contributed by atoms with Crippen LogP contribution < -0.4 is 5.32 Å². The van der Waals surface area contributed by atoms with Gasteiger partial charge >= 0.3 is 0 Å². The third-order valence-corrected chi connectivity index (χ3v) is 2.42. The highest BCUT2D eigenvalue weighted by atomic mass is 32.2. The fraction of sp³-hybridized carbons (Fsp3) is 0.750. The van der Waals surface area contributed by atoms with Gasteiger partial charge in [0.25, 0.3) is 0 Å². The molecule has 1 heterocycles. The monoisotopic (exact) mass is 201 g/mol. The van der Waals surface area contributed by atoms with Crippen molar-refractivity contribution in [1.29, 1.82) is 0 Å². The lowest BCUT2D eigenvalue weighted by Gasteiger charge is -2.01. The molecule has 0 bridgehead atoms. The molecule has 0 saturated carbocycles. The summed E-state index contributed by atoms with van der Waals surface area (Å²) < 4.78 is 5.44. The van der Waals surface area contributed by atoms with Crippen LogP contribution in [0.1, 0.15) is 24.7 Å². The topological polar surface area (TPSA) is 51.0 Å². The van der Waals surface area contributed by atoms with Gasteiger partial charge in [0.15, 0.2) is 0 Å². The largest absolute Gasteiger partial charge is 0.424 e. The summed E-state index contributed by atoms with van der Waals surface area (Å²) in [5.41, 5.74) is 0. The average molecular weight is 201 g/mol. The van der Waals surface area contributed by atoms with E-state index >= 15 is 0 Å². The van der Waals surface area contributed by atoms with Crippen LogP contribution in [0.15, 0.2) is 4.42 Å². The zero-order valence-corrected chi connectivity index (χ0v) is 9.02. The lowest BCUT2D eigenvalue weighted by atomic mass is 10.3. The number of hydrogen-bond acceptors (Lipinski definition) is 5. The molecule has 4 nitrogen and oxygen atoms in total. The SMILES string of the molecule is CNC(C)c1nnc(CCSC)o1. The van der Waals surface area contributed by atoms with Crippen LogP contribution in [0, 0.1) is 0 Å². The van der Waals surface area contributed by atoms with E-state index in [9.17, 15) is 0 Å². The fourth-order valence-electron chi connectivity index (χ4n) is 0.855. The first-order chi connectivity index (χ1) is 6.27. The molecule has 0 aliphatic heterocycles. The molecule has 0 amide bonds. The summed E-state index contributed by atoms with van der Waals surface area (Å²) in [5.74, 6) is 2.42. The Hall–Kier alpha value is -0.550. The first kappa shape index (κ1) is 10.5. The summed E-state index contributed by atoms with van der Waals surface area (Å²) in [6.45, 7) is 1.99. The number of hydrogen-bond donors (Lipinski definition) is 1. The van der Waals surface area contributed by atoms with Crippen LogP contribution in [-0.4, -0.2) is 29.3 Å². The molecule has 1 aromatic rings. The van der Waals surface area contributed by atoms with Gasteiger partial charge in [-0.25, -0.2) is 0 Å². The highest BCUT2D eigenvalue weighted by Gasteiger charge is 2.10. The Balaban J connectivity index is 2.53. The predicted octanol–water partition coefficient (Wildman–Crippen LogP) is 1.26. The van der Waals surface area contributed by atoms with E-state index in [-0.39, 0.29) is 6.04 Å². The van der Waals surface area contributed by atoms with Crippen LogP contribution in [0.4, 0.5) is 0 Å². The van der Waals surface area contributed by atoms with E-state index in [1.165, 1.54) is 0 Å². The van der Waals surface area contributed by atoms with Crippen molar-refractivity contribution < 1.29 is 4.42 Å². The molecule has 0 fully saturated rings.